The van der Waals surface area contributed by atoms with Gasteiger partial charge in [-0.2, -0.15) is 0 Å². The van der Waals surface area contributed by atoms with Crippen LogP contribution in [0.2, 0.25) is 10.0 Å². The summed E-state index contributed by atoms with van der Waals surface area (Å²) in [5.74, 6) is 1.31. The molecule has 0 saturated heterocycles. The average Bonchev–Trinajstić information content (AvgIpc) is 2.59. The fourth-order valence-electron chi connectivity index (χ4n) is 2.27. The maximum atomic E-state index is 8.85. The molecule has 0 unspecified atom stereocenters. The SMILES string of the molecule is COc1cccc(CNCCCO)c1OCc1c(Cl)cccc1Cl. The second-order valence-electron chi connectivity index (χ2n) is 5.19. The molecule has 0 aromatic heterocycles. The molecule has 0 atom stereocenters. The van der Waals surface area contributed by atoms with Crippen molar-refractivity contribution in [1.29, 1.82) is 0 Å². The summed E-state index contributed by atoms with van der Waals surface area (Å²) in [7, 11) is 1.60. The monoisotopic (exact) mass is 369 g/mol. The largest absolute Gasteiger partial charge is 0.493 e. The summed E-state index contributed by atoms with van der Waals surface area (Å²) in [6.07, 6.45) is 0.704. The number of hydrogen-bond acceptors (Lipinski definition) is 4. The first-order valence-corrected chi connectivity index (χ1v) is 8.46. The van der Waals surface area contributed by atoms with Crippen LogP contribution in [0.4, 0.5) is 0 Å². The minimum atomic E-state index is 0.166. The molecule has 4 nitrogen and oxygen atoms in total. The molecule has 0 radical (unpaired) electrons. The predicted molar refractivity (Wildman–Crippen MR) is 97.2 cm³/mol. The van der Waals surface area contributed by atoms with Crippen LogP contribution in [0.15, 0.2) is 36.4 Å². The summed E-state index contributed by atoms with van der Waals surface area (Å²) >= 11 is 12.4. The number of nitrogens with one attached hydrogen (secondary N) is 1. The average molecular weight is 370 g/mol. The van der Waals surface area contributed by atoms with Crippen LogP contribution in [0.25, 0.3) is 0 Å². The van der Waals surface area contributed by atoms with E-state index in [1.165, 1.54) is 0 Å². The summed E-state index contributed by atoms with van der Waals surface area (Å²) in [5.41, 5.74) is 1.71. The topological polar surface area (TPSA) is 50.7 Å². The Balaban J connectivity index is 2.15. The van der Waals surface area contributed by atoms with Gasteiger partial charge < -0.3 is 19.9 Å². The van der Waals surface area contributed by atoms with Gasteiger partial charge in [0.15, 0.2) is 11.5 Å². The Kier molecular flexibility index (Phi) is 7.66. The van der Waals surface area contributed by atoms with Crippen molar-refractivity contribution in [2.24, 2.45) is 0 Å². The minimum absolute atomic E-state index is 0.166. The van der Waals surface area contributed by atoms with Crippen molar-refractivity contribution in [3.63, 3.8) is 0 Å². The first kappa shape index (κ1) is 18.9. The van der Waals surface area contributed by atoms with Gasteiger partial charge in [0.05, 0.1) is 7.11 Å². The molecule has 0 fully saturated rings. The molecule has 0 aliphatic rings. The first-order chi connectivity index (χ1) is 11.7. The van der Waals surface area contributed by atoms with E-state index >= 15 is 0 Å². The summed E-state index contributed by atoms with van der Waals surface area (Å²) in [6, 6.07) is 11.1. The van der Waals surface area contributed by atoms with Gasteiger partial charge in [-0.25, -0.2) is 0 Å². The lowest BCUT2D eigenvalue weighted by Crippen LogP contribution is -2.16. The van der Waals surface area contributed by atoms with Crippen LogP contribution in [0, 0.1) is 0 Å². The number of aliphatic hydroxyl groups excluding tert-OH is 1. The van der Waals surface area contributed by atoms with E-state index in [2.05, 4.69) is 5.32 Å². The van der Waals surface area contributed by atoms with Gasteiger partial charge in [-0.3, -0.25) is 0 Å². The standard InChI is InChI=1S/C18H21Cl2NO3/c1-23-17-8-2-5-13(11-21-9-4-10-22)18(17)24-12-14-15(19)6-3-7-16(14)20/h2-3,5-8,21-22H,4,9-12H2,1H3. The van der Waals surface area contributed by atoms with Crippen molar-refractivity contribution >= 4 is 23.2 Å². The molecule has 0 amide bonds. The molecule has 0 spiro atoms. The van der Waals surface area contributed by atoms with Crippen LogP contribution in [-0.4, -0.2) is 25.4 Å². The van der Waals surface area contributed by atoms with Crippen LogP contribution < -0.4 is 14.8 Å². The van der Waals surface area contributed by atoms with Gasteiger partial charge in [-0.15, -0.1) is 0 Å². The number of aliphatic hydroxyl groups is 1. The van der Waals surface area contributed by atoms with E-state index in [4.69, 9.17) is 37.8 Å². The number of rotatable bonds is 9. The molecule has 2 aromatic rings. The van der Waals surface area contributed by atoms with E-state index in [0.717, 1.165) is 17.7 Å². The third kappa shape index (κ3) is 5.02. The van der Waals surface area contributed by atoms with Gasteiger partial charge in [0.25, 0.3) is 0 Å². The van der Waals surface area contributed by atoms with Crippen LogP contribution >= 0.6 is 23.2 Å². The van der Waals surface area contributed by atoms with Gasteiger partial charge >= 0.3 is 0 Å². The highest BCUT2D eigenvalue weighted by Gasteiger charge is 2.13. The summed E-state index contributed by atoms with van der Waals surface area (Å²) in [5, 5.41) is 13.3. The Morgan fingerprint density at radius 3 is 2.46 bits per heavy atom. The van der Waals surface area contributed by atoms with Crippen molar-refractivity contribution < 1.29 is 14.6 Å². The number of benzene rings is 2. The third-order valence-corrected chi connectivity index (χ3v) is 4.24. The van der Waals surface area contributed by atoms with E-state index in [-0.39, 0.29) is 13.2 Å². The summed E-state index contributed by atoms with van der Waals surface area (Å²) < 4.78 is 11.4. The first-order valence-electron chi connectivity index (χ1n) is 7.70. The van der Waals surface area contributed by atoms with Gasteiger partial charge in [-0.05, 0) is 31.2 Å². The Morgan fingerprint density at radius 1 is 1.08 bits per heavy atom. The van der Waals surface area contributed by atoms with Crippen LogP contribution in [0.1, 0.15) is 17.5 Å². The third-order valence-electron chi connectivity index (χ3n) is 3.53. The molecular formula is C18H21Cl2NO3. The molecule has 2 aromatic carbocycles. The Bertz CT molecular complexity index is 644. The van der Waals surface area contributed by atoms with E-state index in [1.54, 1.807) is 25.3 Å². The second kappa shape index (κ2) is 9.74. The molecule has 2 rings (SSSR count). The molecule has 0 aliphatic carbocycles. The molecule has 0 aliphatic heterocycles. The van der Waals surface area contributed by atoms with E-state index in [1.807, 2.05) is 18.2 Å². The summed E-state index contributed by atoms with van der Waals surface area (Å²) in [6.45, 7) is 1.76. The number of halogens is 2. The molecule has 0 saturated carbocycles. The van der Waals surface area contributed by atoms with E-state index < -0.39 is 0 Å². The molecule has 0 heterocycles. The van der Waals surface area contributed by atoms with Crippen LogP contribution in [-0.2, 0) is 13.2 Å². The highest BCUT2D eigenvalue weighted by Crippen LogP contribution is 2.33. The molecule has 130 valence electrons. The highest BCUT2D eigenvalue weighted by atomic mass is 35.5. The molecule has 24 heavy (non-hydrogen) atoms. The lowest BCUT2D eigenvalue weighted by molar-refractivity contribution is 0.278. The van der Waals surface area contributed by atoms with Crippen LogP contribution in [0.3, 0.4) is 0 Å². The Labute approximate surface area is 152 Å². The number of para-hydroxylation sites is 1. The zero-order valence-electron chi connectivity index (χ0n) is 13.5. The molecular weight excluding hydrogens is 349 g/mol. The number of methoxy groups -OCH3 is 1. The second-order valence-corrected chi connectivity index (χ2v) is 6.01. The normalized spacial score (nSPS) is 10.7. The molecule has 6 heteroatoms. The van der Waals surface area contributed by atoms with E-state index in [9.17, 15) is 0 Å². The van der Waals surface area contributed by atoms with Gasteiger partial charge in [0, 0.05) is 34.3 Å². The number of hydrogen-bond donors (Lipinski definition) is 2. The highest BCUT2D eigenvalue weighted by molar-refractivity contribution is 6.35. The zero-order chi connectivity index (χ0) is 17.4. The van der Waals surface area contributed by atoms with Crippen molar-refractivity contribution in [2.75, 3.05) is 20.3 Å². The molecule has 0 bridgehead atoms. The van der Waals surface area contributed by atoms with Crippen molar-refractivity contribution in [3.8, 4) is 11.5 Å². The fraction of sp³-hybridized carbons (Fsp3) is 0.333. The van der Waals surface area contributed by atoms with Gasteiger partial charge in [0.1, 0.15) is 6.61 Å². The predicted octanol–water partition coefficient (Wildman–Crippen LogP) is 4.05. The van der Waals surface area contributed by atoms with Crippen molar-refractivity contribution in [2.45, 2.75) is 19.6 Å². The smallest absolute Gasteiger partial charge is 0.166 e. The van der Waals surface area contributed by atoms with Crippen LogP contribution in [0.5, 0.6) is 11.5 Å². The minimum Gasteiger partial charge on any atom is -0.493 e. The van der Waals surface area contributed by atoms with E-state index in [0.29, 0.717) is 34.5 Å². The quantitative estimate of drug-likeness (QED) is 0.654. The Morgan fingerprint density at radius 2 is 1.79 bits per heavy atom. The van der Waals surface area contributed by atoms with Crippen molar-refractivity contribution in [1.82, 2.24) is 5.32 Å². The fourth-order valence-corrected chi connectivity index (χ4v) is 2.77. The maximum absolute atomic E-state index is 8.85. The maximum Gasteiger partial charge on any atom is 0.166 e. The lowest BCUT2D eigenvalue weighted by atomic mass is 10.1. The lowest BCUT2D eigenvalue weighted by Gasteiger charge is -2.16. The van der Waals surface area contributed by atoms with Crippen molar-refractivity contribution in [3.05, 3.63) is 57.6 Å². The van der Waals surface area contributed by atoms with Gasteiger partial charge in [0.2, 0.25) is 0 Å². The Hall–Kier alpha value is -1.46. The van der Waals surface area contributed by atoms with Gasteiger partial charge in [-0.1, -0.05) is 41.4 Å². The zero-order valence-corrected chi connectivity index (χ0v) is 15.0. The number of ether oxygens (including phenoxy) is 2. The summed E-state index contributed by atoms with van der Waals surface area (Å²) in [4.78, 5) is 0. The molecule has 2 N–H and O–H groups in total.